The quantitative estimate of drug-likeness (QED) is 0.908. The van der Waals surface area contributed by atoms with Crippen molar-refractivity contribution in [2.24, 2.45) is 5.73 Å². The number of carbonyl (C=O) groups excluding carboxylic acids is 1. The number of hydrogen-bond acceptors (Lipinski definition) is 5. The van der Waals surface area contributed by atoms with Crippen molar-refractivity contribution in [3.8, 4) is 0 Å². The van der Waals surface area contributed by atoms with Crippen molar-refractivity contribution < 1.29 is 13.9 Å². The van der Waals surface area contributed by atoms with Crippen LogP contribution < -0.4 is 11.1 Å². The number of anilines is 1. The summed E-state index contributed by atoms with van der Waals surface area (Å²) in [7, 11) is 0. The number of fused-ring (bicyclic) bond motifs is 1. The molecule has 2 heterocycles. The van der Waals surface area contributed by atoms with Gasteiger partial charge in [0.1, 0.15) is 11.6 Å². The SMILES string of the molecule is CC(C)(C)c1nc2cc(NC(=O)[C@@H]3CC[C@H](CN)O3)ccc2o1. The van der Waals surface area contributed by atoms with E-state index in [9.17, 15) is 4.79 Å². The number of ether oxygens (including phenoxy) is 1. The van der Waals surface area contributed by atoms with Gasteiger partial charge in [0.15, 0.2) is 5.58 Å². The highest BCUT2D eigenvalue weighted by Crippen LogP contribution is 2.28. The molecule has 0 spiro atoms. The summed E-state index contributed by atoms with van der Waals surface area (Å²) in [5, 5.41) is 2.88. The fraction of sp³-hybridized carbons (Fsp3) is 0.529. The lowest BCUT2D eigenvalue weighted by molar-refractivity contribution is -0.126. The molecule has 1 amide bonds. The summed E-state index contributed by atoms with van der Waals surface area (Å²) in [6, 6.07) is 5.46. The van der Waals surface area contributed by atoms with Crippen LogP contribution in [-0.4, -0.2) is 29.6 Å². The van der Waals surface area contributed by atoms with E-state index < -0.39 is 6.10 Å². The van der Waals surface area contributed by atoms with E-state index in [4.69, 9.17) is 14.9 Å². The molecule has 3 rings (SSSR count). The molecule has 6 heteroatoms. The fourth-order valence-corrected chi connectivity index (χ4v) is 2.62. The Morgan fingerprint density at radius 3 is 2.83 bits per heavy atom. The molecule has 1 aromatic heterocycles. The highest BCUT2D eigenvalue weighted by molar-refractivity contribution is 5.95. The number of carbonyl (C=O) groups is 1. The molecule has 1 saturated heterocycles. The third-order valence-corrected chi connectivity index (χ3v) is 3.96. The summed E-state index contributed by atoms with van der Waals surface area (Å²) in [6.45, 7) is 6.59. The third kappa shape index (κ3) is 3.38. The van der Waals surface area contributed by atoms with E-state index in [-0.39, 0.29) is 17.4 Å². The Labute approximate surface area is 135 Å². The van der Waals surface area contributed by atoms with Crippen LogP contribution in [0.2, 0.25) is 0 Å². The topological polar surface area (TPSA) is 90.4 Å². The van der Waals surface area contributed by atoms with Crippen molar-refractivity contribution in [2.45, 2.75) is 51.2 Å². The van der Waals surface area contributed by atoms with Crippen LogP contribution >= 0.6 is 0 Å². The monoisotopic (exact) mass is 317 g/mol. The van der Waals surface area contributed by atoms with Crippen LogP contribution in [0.25, 0.3) is 11.1 Å². The Morgan fingerprint density at radius 1 is 1.39 bits per heavy atom. The van der Waals surface area contributed by atoms with Crippen molar-refractivity contribution in [3.63, 3.8) is 0 Å². The van der Waals surface area contributed by atoms with Gasteiger partial charge in [-0.05, 0) is 31.0 Å². The van der Waals surface area contributed by atoms with Crippen LogP contribution in [0, 0.1) is 0 Å². The fourth-order valence-electron chi connectivity index (χ4n) is 2.62. The maximum absolute atomic E-state index is 12.3. The van der Waals surface area contributed by atoms with Crippen molar-refractivity contribution in [1.82, 2.24) is 4.98 Å². The molecule has 1 aliphatic rings. The zero-order valence-corrected chi connectivity index (χ0v) is 13.8. The normalized spacial score (nSPS) is 21.7. The van der Waals surface area contributed by atoms with Crippen LogP contribution in [0.4, 0.5) is 5.69 Å². The molecule has 2 atom stereocenters. The van der Waals surface area contributed by atoms with Gasteiger partial charge in [0.05, 0.1) is 6.10 Å². The van der Waals surface area contributed by atoms with Gasteiger partial charge in [-0.15, -0.1) is 0 Å². The van der Waals surface area contributed by atoms with Crippen molar-refractivity contribution in [2.75, 3.05) is 11.9 Å². The number of hydrogen-bond donors (Lipinski definition) is 2. The molecule has 23 heavy (non-hydrogen) atoms. The van der Waals surface area contributed by atoms with Crippen LogP contribution in [-0.2, 0) is 14.9 Å². The molecule has 124 valence electrons. The standard InChI is InChI=1S/C17H23N3O3/c1-17(2,3)16-20-12-8-10(4-6-13(12)23-16)19-15(21)14-7-5-11(9-18)22-14/h4,6,8,11,14H,5,7,9,18H2,1-3H3,(H,19,21)/t11-,14+/m1/s1. The highest BCUT2D eigenvalue weighted by atomic mass is 16.5. The summed E-state index contributed by atoms with van der Waals surface area (Å²) in [5.74, 6) is 0.542. The van der Waals surface area contributed by atoms with Crippen molar-refractivity contribution in [3.05, 3.63) is 24.1 Å². The highest BCUT2D eigenvalue weighted by Gasteiger charge is 2.30. The van der Waals surface area contributed by atoms with E-state index in [2.05, 4.69) is 10.3 Å². The van der Waals surface area contributed by atoms with Gasteiger partial charge >= 0.3 is 0 Å². The average molecular weight is 317 g/mol. The summed E-state index contributed by atoms with van der Waals surface area (Å²) in [6.07, 6.45) is 1.08. The van der Waals surface area contributed by atoms with Gasteiger partial charge in [0.2, 0.25) is 5.89 Å². The number of amides is 1. The van der Waals surface area contributed by atoms with Gasteiger partial charge in [-0.3, -0.25) is 4.79 Å². The number of nitrogens with one attached hydrogen (secondary N) is 1. The maximum atomic E-state index is 12.3. The molecule has 0 saturated carbocycles. The molecule has 1 aliphatic heterocycles. The number of nitrogens with two attached hydrogens (primary N) is 1. The number of aromatic nitrogens is 1. The minimum atomic E-state index is -0.429. The van der Waals surface area contributed by atoms with Gasteiger partial charge in [0, 0.05) is 17.6 Å². The summed E-state index contributed by atoms with van der Waals surface area (Å²) < 4.78 is 11.4. The van der Waals surface area contributed by atoms with Gasteiger partial charge in [-0.25, -0.2) is 4.98 Å². The number of benzene rings is 1. The number of nitrogens with zero attached hydrogens (tertiary/aromatic N) is 1. The van der Waals surface area contributed by atoms with Gasteiger partial charge < -0.3 is 20.2 Å². The van der Waals surface area contributed by atoms with Crippen LogP contribution in [0.1, 0.15) is 39.5 Å². The van der Waals surface area contributed by atoms with E-state index >= 15 is 0 Å². The number of rotatable bonds is 3. The Bertz CT molecular complexity index is 717. The molecule has 2 aromatic rings. The van der Waals surface area contributed by atoms with E-state index in [1.54, 1.807) is 0 Å². The second-order valence-electron chi connectivity index (χ2n) is 7.00. The minimum absolute atomic E-state index is 0.0156. The minimum Gasteiger partial charge on any atom is -0.440 e. The predicted molar refractivity (Wildman–Crippen MR) is 88.3 cm³/mol. The molecule has 0 unspecified atom stereocenters. The van der Waals surface area contributed by atoms with E-state index in [0.29, 0.717) is 30.1 Å². The largest absolute Gasteiger partial charge is 0.440 e. The predicted octanol–water partition coefficient (Wildman–Crippen LogP) is 2.57. The summed E-state index contributed by atoms with van der Waals surface area (Å²) in [5.41, 5.74) is 7.56. The Hall–Kier alpha value is -1.92. The van der Waals surface area contributed by atoms with Gasteiger partial charge in [-0.1, -0.05) is 20.8 Å². The summed E-state index contributed by atoms with van der Waals surface area (Å²) >= 11 is 0. The average Bonchev–Trinajstić information content (AvgIpc) is 3.12. The zero-order valence-electron chi connectivity index (χ0n) is 13.8. The van der Waals surface area contributed by atoms with Crippen LogP contribution in [0.15, 0.2) is 22.6 Å². The molecular weight excluding hydrogens is 294 g/mol. The zero-order chi connectivity index (χ0) is 16.6. The molecular formula is C17H23N3O3. The first kappa shape index (κ1) is 16.0. The second-order valence-corrected chi connectivity index (χ2v) is 7.00. The van der Waals surface area contributed by atoms with Crippen LogP contribution in [0.5, 0.6) is 0 Å². The first-order valence-electron chi connectivity index (χ1n) is 7.94. The van der Waals surface area contributed by atoms with Crippen molar-refractivity contribution in [1.29, 1.82) is 0 Å². The van der Waals surface area contributed by atoms with Crippen LogP contribution in [0.3, 0.4) is 0 Å². The molecule has 3 N–H and O–H groups in total. The summed E-state index contributed by atoms with van der Waals surface area (Å²) in [4.78, 5) is 16.8. The van der Waals surface area contributed by atoms with Crippen molar-refractivity contribution >= 4 is 22.7 Å². The Kier molecular flexibility index (Phi) is 4.12. The lowest BCUT2D eigenvalue weighted by Gasteiger charge is -2.12. The van der Waals surface area contributed by atoms with Gasteiger partial charge in [0.25, 0.3) is 5.91 Å². The molecule has 0 aliphatic carbocycles. The molecule has 1 fully saturated rings. The van der Waals surface area contributed by atoms with E-state index in [1.165, 1.54) is 0 Å². The molecule has 6 nitrogen and oxygen atoms in total. The first-order valence-corrected chi connectivity index (χ1v) is 7.94. The Balaban J connectivity index is 1.74. The van der Waals surface area contributed by atoms with E-state index in [1.807, 2.05) is 39.0 Å². The Morgan fingerprint density at radius 2 is 2.17 bits per heavy atom. The maximum Gasteiger partial charge on any atom is 0.253 e. The first-order chi connectivity index (χ1) is 10.9. The third-order valence-electron chi connectivity index (χ3n) is 3.96. The molecule has 0 radical (unpaired) electrons. The van der Waals surface area contributed by atoms with Gasteiger partial charge in [-0.2, -0.15) is 0 Å². The molecule has 0 bridgehead atoms. The van der Waals surface area contributed by atoms with E-state index in [0.717, 1.165) is 11.9 Å². The number of oxazole rings is 1. The second kappa shape index (κ2) is 5.94. The lowest BCUT2D eigenvalue weighted by Crippen LogP contribution is -2.29. The smallest absolute Gasteiger partial charge is 0.253 e. The molecule has 1 aromatic carbocycles. The lowest BCUT2D eigenvalue weighted by atomic mass is 9.97.